The lowest BCUT2D eigenvalue weighted by atomic mass is 10.1. The molecule has 0 bridgehead atoms. The normalized spacial score (nSPS) is 17.0. The predicted octanol–water partition coefficient (Wildman–Crippen LogP) is 2.72. The second kappa shape index (κ2) is 5.75. The first kappa shape index (κ1) is 14.5. The number of methoxy groups -OCH3 is 2. The van der Waals surface area contributed by atoms with Crippen LogP contribution in [0.25, 0.3) is 0 Å². The van der Waals surface area contributed by atoms with Crippen LogP contribution in [0, 0.1) is 0 Å². The molecule has 2 aromatic rings. The van der Waals surface area contributed by atoms with Crippen LogP contribution in [-0.4, -0.2) is 36.1 Å². The van der Waals surface area contributed by atoms with E-state index in [1.54, 1.807) is 26.4 Å². The van der Waals surface area contributed by atoms with Crippen molar-refractivity contribution in [2.45, 2.75) is 19.5 Å². The van der Waals surface area contributed by atoms with Crippen LogP contribution in [0.5, 0.6) is 11.5 Å². The third-order valence-electron chi connectivity index (χ3n) is 4.24. The van der Waals surface area contributed by atoms with Crippen LogP contribution in [-0.2, 0) is 6.54 Å². The smallest absolute Gasteiger partial charge is 0.258 e. The minimum atomic E-state index is -0.0318. The molecule has 0 N–H and O–H groups in total. The number of benzene rings is 1. The van der Waals surface area contributed by atoms with Gasteiger partial charge in [0.1, 0.15) is 0 Å². The highest BCUT2D eigenvalue weighted by Gasteiger charge is 2.30. The maximum Gasteiger partial charge on any atom is 0.258 e. The zero-order chi connectivity index (χ0) is 15.7. The fourth-order valence-corrected chi connectivity index (χ4v) is 3.07. The SMILES string of the molecule is COc1cccc(C(=O)N2CCn3cccc3C2C)c1OC. The summed E-state index contributed by atoms with van der Waals surface area (Å²) < 4.78 is 12.9. The summed E-state index contributed by atoms with van der Waals surface area (Å²) in [5.41, 5.74) is 1.69. The zero-order valence-corrected chi connectivity index (χ0v) is 13.1. The number of aromatic nitrogens is 1. The fraction of sp³-hybridized carbons (Fsp3) is 0.353. The van der Waals surface area contributed by atoms with Gasteiger partial charge in [0.15, 0.2) is 11.5 Å². The molecule has 1 aliphatic heterocycles. The van der Waals surface area contributed by atoms with Crippen molar-refractivity contribution in [1.29, 1.82) is 0 Å². The maximum absolute atomic E-state index is 13.0. The van der Waals surface area contributed by atoms with E-state index in [1.165, 1.54) is 0 Å². The molecule has 116 valence electrons. The molecule has 2 heterocycles. The van der Waals surface area contributed by atoms with Crippen molar-refractivity contribution in [2.24, 2.45) is 0 Å². The molecule has 1 aliphatic rings. The highest BCUT2D eigenvalue weighted by molar-refractivity contribution is 5.98. The molecule has 3 rings (SSSR count). The summed E-state index contributed by atoms with van der Waals surface area (Å²) in [5, 5.41) is 0. The highest BCUT2D eigenvalue weighted by Crippen LogP contribution is 2.34. The van der Waals surface area contributed by atoms with Gasteiger partial charge in [-0.1, -0.05) is 6.07 Å². The summed E-state index contributed by atoms with van der Waals surface area (Å²) in [6.45, 7) is 3.54. The van der Waals surface area contributed by atoms with Gasteiger partial charge in [0.05, 0.1) is 25.8 Å². The molecule has 0 spiro atoms. The Balaban J connectivity index is 1.95. The molecular weight excluding hydrogens is 280 g/mol. The fourth-order valence-electron chi connectivity index (χ4n) is 3.07. The molecule has 0 radical (unpaired) electrons. The number of para-hydroxylation sites is 1. The number of carbonyl (C=O) groups excluding carboxylic acids is 1. The van der Waals surface area contributed by atoms with Crippen molar-refractivity contribution in [2.75, 3.05) is 20.8 Å². The van der Waals surface area contributed by atoms with Gasteiger partial charge in [-0.25, -0.2) is 0 Å². The quantitative estimate of drug-likeness (QED) is 0.875. The average Bonchev–Trinajstić information content (AvgIpc) is 3.03. The summed E-state index contributed by atoms with van der Waals surface area (Å²) in [6, 6.07) is 9.50. The van der Waals surface area contributed by atoms with Crippen molar-refractivity contribution in [1.82, 2.24) is 9.47 Å². The number of hydrogen-bond acceptors (Lipinski definition) is 3. The number of carbonyl (C=O) groups is 1. The Morgan fingerprint density at radius 2 is 1.95 bits per heavy atom. The number of hydrogen-bond donors (Lipinski definition) is 0. The summed E-state index contributed by atoms with van der Waals surface area (Å²) in [6.07, 6.45) is 2.06. The third-order valence-corrected chi connectivity index (χ3v) is 4.24. The second-order valence-electron chi connectivity index (χ2n) is 5.34. The lowest BCUT2D eigenvalue weighted by Crippen LogP contribution is -2.40. The molecule has 22 heavy (non-hydrogen) atoms. The van der Waals surface area contributed by atoms with Crippen molar-refractivity contribution < 1.29 is 14.3 Å². The Labute approximate surface area is 130 Å². The van der Waals surface area contributed by atoms with Gasteiger partial charge in [-0.3, -0.25) is 4.79 Å². The van der Waals surface area contributed by atoms with Gasteiger partial charge in [-0.15, -0.1) is 0 Å². The van der Waals surface area contributed by atoms with Crippen molar-refractivity contribution in [3.63, 3.8) is 0 Å². The van der Waals surface area contributed by atoms with Crippen molar-refractivity contribution in [3.05, 3.63) is 47.8 Å². The molecule has 1 amide bonds. The lowest BCUT2D eigenvalue weighted by molar-refractivity contribution is 0.0640. The number of fused-ring (bicyclic) bond motifs is 1. The van der Waals surface area contributed by atoms with Gasteiger partial charge >= 0.3 is 0 Å². The van der Waals surface area contributed by atoms with Crippen LogP contribution in [0.15, 0.2) is 36.5 Å². The summed E-state index contributed by atoms with van der Waals surface area (Å²) in [4.78, 5) is 14.9. The van der Waals surface area contributed by atoms with Gasteiger partial charge in [-0.05, 0) is 31.2 Å². The van der Waals surface area contributed by atoms with E-state index in [9.17, 15) is 4.79 Å². The Kier molecular flexibility index (Phi) is 3.79. The van der Waals surface area contributed by atoms with Gasteiger partial charge in [0.2, 0.25) is 0 Å². The number of nitrogens with zero attached hydrogens (tertiary/aromatic N) is 2. The van der Waals surface area contributed by atoms with E-state index in [0.717, 1.165) is 12.2 Å². The summed E-state index contributed by atoms with van der Waals surface area (Å²) in [5.74, 6) is 1.03. The molecule has 5 nitrogen and oxygen atoms in total. The van der Waals surface area contributed by atoms with Crippen molar-refractivity contribution in [3.8, 4) is 11.5 Å². The molecule has 0 aliphatic carbocycles. The molecule has 1 atom stereocenters. The van der Waals surface area contributed by atoms with E-state index in [-0.39, 0.29) is 11.9 Å². The van der Waals surface area contributed by atoms with E-state index in [2.05, 4.69) is 23.8 Å². The predicted molar refractivity (Wildman–Crippen MR) is 83.4 cm³/mol. The van der Waals surface area contributed by atoms with E-state index < -0.39 is 0 Å². The average molecular weight is 300 g/mol. The van der Waals surface area contributed by atoms with Crippen LogP contribution in [0.3, 0.4) is 0 Å². The van der Waals surface area contributed by atoms with Crippen molar-refractivity contribution >= 4 is 5.91 Å². The topological polar surface area (TPSA) is 43.7 Å². The Bertz CT molecular complexity index is 693. The molecular formula is C17H20N2O3. The van der Waals surface area contributed by atoms with Crippen LogP contribution in [0.1, 0.15) is 29.0 Å². The van der Waals surface area contributed by atoms with Gasteiger partial charge in [0, 0.05) is 25.0 Å². The molecule has 5 heteroatoms. The van der Waals surface area contributed by atoms with E-state index in [0.29, 0.717) is 23.6 Å². The van der Waals surface area contributed by atoms with Crippen LogP contribution in [0.4, 0.5) is 0 Å². The molecule has 0 fully saturated rings. The summed E-state index contributed by atoms with van der Waals surface area (Å²) in [7, 11) is 3.13. The monoisotopic (exact) mass is 300 g/mol. The molecule has 1 aromatic heterocycles. The van der Waals surface area contributed by atoms with E-state index >= 15 is 0 Å². The van der Waals surface area contributed by atoms with Crippen LogP contribution in [0.2, 0.25) is 0 Å². The van der Waals surface area contributed by atoms with E-state index in [1.807, 2.05) is 17.0 Å². The standard InChI is InChI=1S/C17H20N2O3/c1-12-14-7-5-9-18(14)10-11-19(12)17(20)13-6-4-8-15(21-2)16(13)22-3/h4-9,12H,10-11H2,1-3H3. The van der Waals surface area contributed by atoms with Gasteiger partial charge in [-0.2, -0.15) is 0 Å². The van der Waals surface area contributed by atoms with Crippen LogP contribution < -0.4 is 9.47 Å². The first-order chi connectivity index (χ1) is 10.7. The second-order valence-corrected chi connectivity index (χ2v) is 5.34. The molecule has 1 unspecified atom stereocenters. The Hall–Kier alpha value is -2.43. The Morgan fingerprint density at radius 3 is 2.68 bits per heavy atom. The first-order valence-electron chi connectivity index (χ1n) is 7.34. The molecule has 0 saturated carbocycles. The van der Waals surface area contributed by atoms with Gasteiger partial charge < -0.3 is 18.9 Å². The number of amides is 1. The largest absolute Gasteiger partial charge is 0.493 e. The lowest BCUT2D eigenvalue weighted by Gasteiger charge is -2.35. The highest BCUT2D eigenvalue weighted by atomic mass is 16.5. The third kappa shape index (κ3) is 2.22. The minimum Gasteiger partial charge on any atom is -0.493 e. The molecule has 0 saturated heterocycles. The zero-order valence-electron chi connectivity index (χ0n) is 13.1. The van der Waals surface area contributed by atoms with Gasteiger partial charge in [0.25, 0.3) is 5.91 Å². The minimum absolute atomic E-state index is 0.0318. The summed E-state index contributed by atoms with van der Waals surface area (Å²) >= 11 is 0. The number of ether oxygens (including phenoxy) is 2. The maximum atomic E-state index is 13.0. The first-order valence-corrected chi connectivity index (χ1v) is 7.34. The molecule has 1 aromatic carbocycles. The Morgan fingerprint density at radius 1 is 1.14 bits per heavy atom. The van der Waals surface area contributed by atoms with E-state index in [4.69, 9.17) is 9.47 Å². The van der Waals surface area contributed by atoms with Crippen LogP contribution >= 0.6 is 0 Å². The number of rotatable bonds is 3.